The van der Waals surface area contributed by atoms with Crippen molar-refractivity contribution in [2.45, 2.75) is 6.61 Å². The number of carboxylic acids is 1. The zero-order valence-corrected chi connectivity index (χ0v) is 11.0. The van der Waals surface area contributed by atoms with Gasteiger partial charge >= 0.3 is 5.97 Å². The van der Waals surface area contributed by atoms with Crippen LogP contribution in [0.2, 0.25) is 0 Å². The van der Waals surface area contributed by atoms with Crippen molar-refractivity contribution in [1.29, 1.82) is 0 Å². The van der Waals surface area contributed by atoms with Crippen molar-refractivity contribution in [3.05, 3.63) is 57.8 Å². The molecule has 0 bridgehead atoms. The van der Waals surface area contributed by atoms with Crippen LogP contribution in [-0.4, -0.2) is 11.1 Å². The van der Waals surface area contributed by atoms with Gasteiger partial charge in [0.1, 0.15) is 6.61 Å². The fourth-order valence-corrected chi connectivity index (χ4v) is 2.31. The van der Waals surface area contributed by atoms with Gasteiger partial charge in [0.15, 0.2) is 17.4 Å². The van der Waals surface area contributed by atoms with Gasteiger partial charge < -0.3 is 9.84 Å². The number of hydrogen-bond donors (Lipinski definition) is 1. The Hall–Kier alpha value is -2.21. The molecule has 0 radical (unpaired) electrons. The summed E-state index contributed by atoms with van der Waals surface area (Å²) in [6.45, 7) is 0.0173. The number of thiophene rings is 1. The summed E-state index contributed by atoms with van der Waals surface area (Å²) in [4.78, 5) is 11.8. The lowest BCUT2D eigenvalue weighted by atomic mass is 10.3. The average molecular weight is 296 g/mol. The van der Waals surface area contributed by atoms with Crippen molar-refractivity contribution >= 4 is 23.4 Å². The molecule has 0 aliphatic rings. The number of benzene rings is 1. The number of hydrogen-bond acceptors (Lipinski definition) is 3. The highest BCUT2D eigenvalue weighted by Crippen LogP contribution is 2.24. The molecule has 104 valence electrons. The van der Waals surface area contributed by atoms with Crippen molar-refractivity contribution in [2.24, 2.45) is 0 Å². The molecule has 1 aromatic carbocycles. The van der Waals surface area contributed by atoms with Gasteiger partial charge in [0.2, 0.25) is 0 Å². The van der Waals surface area contributed by atoms with Gasteiger partial charge in [-0.25, -0.2) is 13.6 Å². The molecule has 0 aliphatic heterocycles. The van der Waals surface area contributed by atoms with Crippen LogP contribution in [0.5, 0.6) is 5.75 Å². The van der Waals surface area contributed by atoms with E-state index in [9.17, 15) is 13.6 Å². The molecular formula is C14H10F2O3S. The molecule has 6 heteroatoms. The predicted octanol–water partition coefficient (Wildman–Crippen LogP) is 3.70. The fourth-order valence-electron chi connectivity index (χ4n) is 1.48. The quantitative estimate of drug-likeness (QED) is 0.856. The second-order valence-corrected chi connectivity index (χ2v) is 5.02. The minimum Gasteiger partial charge on any atom is -0.482 e. The summed E-state index contributed by atoms with van der Waals surface area (Å²) in [5.41, 5.74) is 0. The van der Waals surface area contributed by atoms with Crippen molar-refractivity contribution in [2.75, 3.05) is 0 Å². The molecule has 0 spiro atoms. The van der Waals surface area contributed by atoms with E-state index < -0.39 is 23.4 Å². The molecule has 0 fully saturated rings. The number of ether oxygens (including phenoxy) is 1. The predicted molar refractivity (Wildman–Crippen MR) is 71.7 cm³/mol. The molecule has 2 aromatic rings. The number of halogens is 2. The van der Waals surface area contributed by atoms with Crippen LogP contribution in [-0.2, 0) is 11.4 Å². The fraction of sp³-hybridized carbons (Fsp3) is 0.0714. The topological polar surface area (TPSA) is 46.5 Å². The van der Waals surface area contributed by atoms with Crippen molar-refractivity contribution in [3.8, 4) is 5.75 Å². The molecule has 2 rings (SSSR count). The van der Waals surface area contributed by atoms with Crippen molar-refractivity contribution < 1.29 is 23.4 Å². The monoisotopic (exact) mass is 296 g/mol. The minimum absolute atomic E-state index is 0.0173. The van der Waals surface area contributed by atoms with Crippen LogP contribution >= 0.6 is 11.3 Å². The zero-order valence-electron chi connectivity index (χ0n) is 10.2. The third-order valence-corrected chi connectivity index (χ3v) is 3.37. The first-order valence-corrected chi connectivity index (χ1v) is 6.44. The van der Waals surface area contributed by atoms with Crippen molar-refractivity contribution in [1.82, 2.24) is 0 Å². The number of rotatable bonds is 5. The van der Waals surface area contributed by atoms with Gasteiger partial charge in [0, 0.05) is 15.8 Å². The van der Waals surface area contributed by atoms with Crippen LogP contribution in [0.3, 0.4) is 0 Å². The van der Waals surface area contributed by atoms with E-state index in [2.05, 4.69) is 0 Å². The van der Waals surface area contributed by atoms with Gasteiger partial charge in [-0.15, -0.1) is 11.3 Å². The lowest BCUT2D eigenvalue weighted by molar-refractivity contribution is -0.131. The highest BCUT2D eigenvalue weighted by molar-refractivity contribution is 7.12. The molecule has 20 heavy (non-hydrogen) atoms. The van der Waals surface area contributed by atoms with Gasteiger partial charge in [-0.2, -0.15) is 0 Å². The second kappa shape index (κ2) is 6.29. The molecule has 3 nitrogen and oxygen atoms in total. The Morgan fingerprint density at radius 3 is 2.60 bits per heavy atom. The first-order chi connectivity index (χ1) is 9.56. The standard InChI is InChI=1S/C14H10F2O3S/c15-11-2-1-3-12(16)14(11)19-8-10-5-4-9(20-10)6-7-13(17)18/h1-7H,8H2,(H,17,18)/b7-6+. The van der Waals surface area contributed by atoms with Gasteiger partial charge in [0.05, 0.1) is 0 Å². The van der Waals surface area contributed by atoms with Crippen LogP contribution in [0.25, 0.3) is 6.08 Å². The number of carboxylic acid groups (broad SMARTS) is 1. The summed E-state index contributed by atoms with van der Waals surface area (Å²) in [6.07, 6.45) is 2.47. The first-order valence-electron chi connectivity index (χ1n) is 5.63. The Balaban J connectivity index is 2.03. The zero-order chi connectivity index (χ0) is 14.5. The maximum atomic E-state index is 13.3. The number of aliphatic carboxylic acids is 1. The highest BCUT2D eigenvalue weighted by atomic mass is 32.1. The van der Waals surface area contributed by atoms with E-state index in [1.54, 1.807) is 12.1 Å². The molecule has 1 N–H and O–H groups in total. The summed E-state index contributed by atoms with van der Waals surface area (Å²) in [5.74, 6) is -2.96. The summed E-state index contributed by atoms with van der Waals surface area (Å²) in [6, 6.07) is 6.92. The van der Waals surface area contributed by atoms with E-state index in [-0.39, 0.29) is 6.61 Å². The van der Waals surface area contributed by atoms with Gasteiger partial charge in [0.25, 0.3) is 0 Å². The Kier molecular flexibility index (Phi) is 4.47. The summed E-state index contributed by atoms with van der Waals surface area (Å²) < 4.78 is 31.8. The van der Waals surface area contributed by atoms with E-state index >= 15 is 0 Å². The summed E-state index contributed by atoms with van der Waals surface area (Å²) in [7, 11) is 0. The molecule has 0 aliphatic carbocycles. The Morgan fingerprint density at radius 1 is 1.25 bits per heavy atom. The van der Waals surface area contributed by atoms with Crippen LogP contribution in [0.4, 0.5) is 8.78 Å². The minimum atomic E-state index is -1.04. The van der Waals surface area contributed by atoms with Crippen molar-refractivity contribution in [3.63, 3.8) is 0 Å². The molecule has 1 heterocycles. The largest absolute Gasteiger partial charge is 0.482 e. The molecular weight excluding hydrogens is 286 g/mol. The maximum absolute atomic E-state index is 13.3. The van der Waals surface area contributed by atoms with E-state index in [1.165, 1.54) is 23.5 Å². The number of carbonyl (C=O) groups is 1. The third kappa shape index (κ3) is 3.64. The van der Waals surface area contributed by atoms with E-state index in [4.69, 9.17) is 9.84 Å². The van der Waals surface area contributed by atoms with Crippen LogP contribution < -0.4 is 4.74 Å². The Morgan fingerprint density at radius 2 is 1.95 bits per heavy atom. The van der Waals surface area contributed by atoms with E-state index in [1.807, 2.05) is 0 Å². The van der Waals surface area contributed by atoms with Crippen LogP contribution in [0, 0.1) is 11.6 Å². The summed E-state index contributed by atoms with van der Waals surface area (Å²) >= 11 is 1.29. The number of para-hydroxylation sites is 1. The van der Waals surface area contributed by atoms with Gasteiger partial charge in [-0.05, 0) is 30.3 Å². The molecule has 0 unspecified atom stereocenters. The normalized spacial score (nSPS) is 10.9. The Bertz CT molecular complexity index is 629. The second-order valence-electron chi connectivity index (χ2n) is 3.82. The smallest absolute Gasteiger partial charge is 0.328 e. The lowest BCUT2D eigenvalue weighted by Gasteiger charge is -2.06. The van der Waals surface area contributed by atoms with Gasteiger partial charge in [-0.1, -0.05) is 6.07 Å². The lowest BCUT2D eigenvalue weighted by Crippen LogP contribution is -1.97. The van der Waals surface area contributed by atoms with Gasteiger partial charge in [-0.3, -0.25) is 0 Å². The third-order valence-electron chi connectivity index (χ3n) is 2.35. The molecule has 0 amide bonds. The van der Waals surface area contributed by atoms with E-state index in [0.29, 0.717) is 0 Å². The molecule has 1 aromatic heterocycles. The Labute approximate surface area is 117 Å². The average Bonchev–Trinajstić information content (AvgIpc) is 2.84. The molecule has 0 saturated heterocycles. The molecule has 0 saturated carbocycles. The maximum Gasteiger partial charge on any atom is 0.328 e. The molecule has 0 atom stereocenters. The highest BCUT2D eigenvalue weighted by Gasteiger charge is 2.10. The van der Waals surface area contributed by atoms with Crippen LogP contribution in [0.15, 0.2) is 36.4 Å². The summed E-state index contributed by atoms with van der Waals surface area (Å²) in [5, 5.41) is 8.50. The first kappa shape index (κ1) is 14.2. The SMILES string of the molecule is O=C(O)/C=C/c1ccc(COc2c(F)cccc2F)s1. The van der Waals surface area contributed by atoms with Crippen LogP contribution in [0.1, 0.15) is 9.75 Å². The van der Waals surface area contributed by atoms with E-state index in [0.717, 1.165) is 28.0 Å².